The van der Waals surface area contributed by atoms with Gasteiger partial charge in [-0.1, -0.05) is 6.92 Å². The lowest BCUT2D eigenvalue weighted by atomic mass is 9.86. The first-order valence-corrected chi connectivity index (χ1v) is 6.95. The molecule has 6 heteroatoms. The Morgan fingerprint density at radius 2 is 1.90 bits per heavy atom. The molecule has 1 amide bonds. The van der Waals surface area contributed by atoms with Crippen molar-refractivity contribution in [2.75, 3.05) is 20.2 Å². The first-order chi connectivity index (χ1) is 9.14. The van der Waals surface area contributed by atoms with Crippen LogP contribution in [0, 0.1) is 11.8 Å². The van der Waals surface area contributed by atoms with E-state index < -0.39 is 17.6 Å². The summed E-state index contributed by atoms with van der Waals surface area (Å²) in [4.78, 5) is 25.3. The van der Waals surface area contributed by atoms with E-state index in [-0.39, 0.29) is 17.9 Å². The molecule has 1 heterocycles. The molecule has 0 aromatic heterocycles. The average Bonchev–Trinajstić information content (AvgIpc) is 2.34. The minimum Gasteiger partial charge on any atom is -0.468 e. The molecule has 2 N–H and O–H groups in total. The number of hydrogen-bond donors (Lipinski definition) is 1. The van der Waals surface area contributed by atoms with Crippen LogP contribution in [0.15, 0.2) is 0 Å². The molecule has 6 nitrogen and oxygen atoms in total. The van der Waals surface area contributed by atoms with E-state index in [4.69, 9.17) is 10.5 Å². The number of rotatable bonds is 2. The van der Waals surface area contributed by atoms with Gasteiger partial charge in [-0.3, -0.25) is 4.79 Å². The summed E-state index contributed by atoms with van der Waals surface area (Å²) in [5, 5.41) is 0. The lowest BCUT2D eigenvalue weighted by Gasteiger charge is -2.38. The second-order valence-corrected chi connectivity index (χ2v) is 6.54. The van der Waals surface area contributed by atoms with Crippen molar-refractivity contribution in [3.8, 4) is 0 Å². The van der Waals surface area contributed by atoms with Crippen LogP contribution in [0.4, 0.5) is 4.79 Å². The van der Waals surface area contributed by atoms with Crippen LogP contribution in [0.25, 0.3) is 0 Å². The van der Waals surface area contributed by atoms with E-state index in [1.54, 1.807) is 4.90 Å². The topological polar surface area (TPSA) is 81.9 Å². The maximum absolute atomic E-state index is 12.1. The number of nitrogens with two attached hydrogens (primary N) is 1. The highest BCUT2D eigenvalue weighted by atomic mass is 16.6. The average molecular weight is 286 g/mol. The summed E-state index contributed by atoms with van der Waals surface area (Å²) in [6.07, 6.45) is 0.446. The van der Waals surface area contributed by atoms with Crippen LogP contribution in [0.3, 0.4) is 0 Å². The molecule has 0 bridgehead atoms. The van der Waals surface area contributed by atoms with Crippen LogP contribution in [0.5, 0.6) is 0 Å². The van der Waals surface area contributed by atoms with Gasteiger partial charge in [-0.25, -0.2) is 4.79 Å². The van der Waals surface area contributed by atoms with Gasteiger partial charge in [0.15, 0.2) is 0 Å². The SMILES string of the molecule is COC(=O)C(N)C1CC(C)CN(C(=O)OC(C)(C)C)C1. The van der Waals surface area contributed by atoms with E-state index in [1.165, 1.54) is 7.11 Å². The van der Waals surface area contributed by atoms with Crippen molar-refractivity contribution in [1.82, 2.24) is 4.90 Å². The van der Waals surface area contributed by atoms with Gasteiger partial charge in [0.25, 0.3) is 0 Å². The highest BCUT2D eigenvalue weighted by Crippen LogP contribution is 2.25. The molecule has 116 valence electrons. The van der Waals surface area contributed by atoms with Crippen LogP contribution in [0.2, 0.25) is 0 Å². The summed E-state index contributed by atoms with van der Waals surface area (Å²) < 4.78 is 10.0. The Bertz CT molecular complexity index is 365. The number of esters is 1. The summed E-state index contributed by atoms with van der Waals surface area (Å²) >= 11 is 0. The fourth-order valence-electron chi connectivity index (χ4n) is 2.46. The van der Waals surface area contributed by atoms with Gasteiger partial charge in [-0.05, 0) is 33.1 Å². The van der Waals surface area contributed by atoms with Gasteiger partial charge >= 0.3 is 12.1 Å². The van der Waals surface area contributed by atoms with Crippen LogP contribution in [-0.4, -0.2) is 48.8 Å². The van der Waals surface area contributed by atoms with Crippen LogP contribution in [0.1, 0.15) is 34.1 Å². The summed E-state index contributed by atoms with van der Waals surface area (Å²) in [7, 11) is 1.32. The number of ether oxygens (including phenoxy) is 2. The molecular weight excluding hydrogens is 260 g/mol. The van der Waals surface area contributed by atoms with E-state index in [0.29, 0.717) is 13.1 Å². The maximum Gasteiger partial charge on any atom is 0.410 e. The van der Waals surface area contributed by atoms with Crippen LogP contribution < -0.4 is 5.73 Å². The lowest BCUT2D eigenvalue weighted by molar-refractivity contribution is -0.144. The number of nitrogens with zero attached hydrogens (tertiary/aromatic N) is 1. The Kier molecular flexibility index (Phi) is 5.39. The van der Waals surface area contributed by atoms with Crippen molar-refractivity contribution in [3.05, 3.63) is 0 Å². The number of methoxy groups -OCH3 is 1. The predicted molar refractivity (Wildman–Crippen MR) is 75.1 cm³/mol. The van der Waals surface area contributed by atoms with Gasteiger partial charge in [0.05, 0.1) is 7.11 Å². The summed E-state index contributed by atoms with van der Waals surface area (Å²) in [6.45, 7) is 8.57. The Morgan fingerprint density at radius 3 is 2.40 bits per heavy atom. The quantitative estimate of drug-likeness (QED) is 0.775. The number of piperidine rings is 1. The Morgan fingerprint density at radius 1 is 1.30 bits per heavy atom. The zero-order valence-electron chi connectivity index (χ0n) is 13.0. The van der Waals surface area contributed by atoms with E-state index >= 15 is 0 Å². The first kappa shape index (κ1) is 16.8. The monoisotopic (exact) mass is 286 g/mol. The molecule has 1 aliphatic rings. The minimum absolute atomic E-state index is 0.0984. The highest BCUT2D eigenvalue weighted by molar-refractivity contribution is 5.76. The molecule has 0 aliphatic carbocycles. The van der Waals surface area contributed by atoms with E-state index in [1.807, 2.05) is 27.7 Å². The molecule has 3 atom stereocenters. The van der Waals surface area contributed by atoms with E-state index in [0.717, 1.165) is 6.42 Å². The smallest absolute Gasteiger partial charge is 0.410 e. The molecular formula is C14H26N2O4. The largest absolute Gasteiger partial charge is 0.468 e. The number of hydrogen-bond acceptors (Lipinski definition) is 5. The van der Waals surface area contributed by atoms with Gasteiger partial charge in [0, 0.05) is 19.0 Å². The van der Waals surface area contributed by atoms with Crippen molar-refractivity contribution >= 4 is 12.1 Å². The van der Waals surface area contributed by atoms with Gasteiger partial charge < -0.3 is 20.1 Å². The molecule has 0 radical (unpaired) electrons. The normalized spacial score (nSPS) is 25.0. The fourth-order valence-corrected chi connectivity index (χ4v) is 2.46. The molecule has 3 unspecified atom stereocenters. The van der Waals surface area contributed by atoms with Crippen molar-refractivity contribution in [1.29, 1.82) is 0 Å². The predicted octanol–water partition coefficient (Wildman–Crippen LogP) is 1.38. The van der Waals surface area contributed by atoms with Crippen molar-refractivity contribution in [2.45, 2.75) is 45.8 Å². The zero-order chi connectivity index (χ0) is 15.5. The molecule has 1 rings (SSSR count). The van der Waals surface area contributed by atoms with Gasteiger partial charge in [-0.15, -0.1) is 0 Å². The number of likely N-dealkylation sites (tertiary alicyclic amines) is 1. The zero-order valence-corrected chi connectivity index (χ0v) is 13.0. The van der Waals surface area contributed by atoms with Gasteiger partial charge in [0.1, 0.15) is 11.6 Å². The highest BCUT2D eigenvalue weighted by Gasteiger charge is 2.36. The lowest BCUT2D eigenvalue weighted by Crippen LogP contribution is -2.52. The number of carbonyl (C=O) groups excluding carboxylic acids is 2. The molecule has 0 aromatic carbocycles. The molecule has 1 saturated heterocycles. The second-order valence-electron chi connectivity index (χ2n) is 6.54. The summed E-state index contributed by atoms with van der Waals surface area (Å²) in [5.74, 6) is -0.260. The Balaban J connectivity index is 2.71. The number of amides is 1. The van der Waals surface area contributed by atoms with Crippen molar-refractivity contribution < 1.29 is 19.1 Å². The Hall–Kier alpha value is -1.30. The Labute approximate surface area is 120 Å². The summed E-state index contributed by atoms with van der Waals surface area (Å²) in [6, 6.07) is -0.701. The minimum atomic E-state index is -0.701. The van der Waals surface area contributed by atoms with Gasteiger partial charge in [0.2, 0.25) is 0 Å². The standard InChI is InChI=1S/C14H26N2O4/c1-9-6-10(11(15)12(17)19-5)8-16(7-9)13(18)20-14(2,3)4/h9-11H,6-8,15H2,1-5H3. The fraction of sp³-hybridized carbons (Fsp3) is 0.857. The van der Waals surface area contributed by atoms with Crippen molar-refractivity contribution in [3.63, 3.8) is 0 Å². The molecule has 1 aliphatic heterocycles. The first-order valence-electron chi connectivity index (χ1n) is 6.95. The van der Waals surface area contributed by atoms with Crippen molar-refractivity contribution in [2.24, 2.45) is 17.6 Å². The third-order valence-electron chi connectivity index (χ3n) is 3.32. The molecule has 0 saturated carbocycles. The summed E-state index contributed by atoms with van der Waals surface area (Å²) in [5.41, 5.74) is 5.37. The third-order valence-corrected chi connectivity index (χ3v) is 3.32. The number of carbonyl (C=O) groups is 2. The molecule has 20 heavy (non-hydrogen) atoms. The van der Waals surface area contributed by atoms with Gasteiger partial charge in [-0.2, -0.15) is 0 Å². The van der Waals surface area contributed by atoms with E-state index in [2.05, 4.69) is 4.74 Å². The third kappa shape index (κ3) is 4.67. The molecule has 1 fully saturated rings. The molecule has 0 aromatic rings. The van der Waals surface area contributed by atoms with E-state index in [9.17, 15) is 9.59 Å². The molecule has 0 spiro atoms. The second kappa shape index (κ2) is 6.43. The maximum atomic E-state index is 12.1. The van der Waals surface area contributed by atoms with Crippen LogP contribution >= 0.6 is 0 Å². The van der Waals surface area contributed by atoms with Crippen LogP contribution in [-0.2, 0) is 14.3 Å².